The number of rotatable bonds is 8. The summed E-state index contributed by atoms with van der Waals surface area (Å²) in [6.07, 6.45) is 2.50. The molecular weight excluding hydrogens is 332 g/mol. The average molecular weight is 349 g/mol. The molecule has 0 aliphatic carbocycles. The average Bonchev–Trinajstić information content (AvgIpc) is 2.58. The summed E-state index contributed by atoms with van der Waals surface area (Å²) in [7, 11) is 1.52. The molecule has 0 aliphatic rings. The van der Waals surface area contributed by atoms with Crippen LogP contribution < -0.4 is 14.2 Å². The number of hydrogen-bond acceptors (Lipinski definition) is 4. The Morgan fingerprint density at radius 3 is 2.50 bits per heavy atom. The largest absolute Gasteiger partial charge is 0.493 e. The first-order valence-corrected chi connectivity index (χ1v) is 7.57. The van der Waals surface area contributed by atoms with Crippen LogP contribution in [0.5, 0.6) is 17.2 Å². The lowest BCUT2D eigenvalue weighted by atomic mass is 10.1. The Morgan fingerprint density at radius 1 is 1.08 bits per heavy atom. The fourth-order valence-electron chi connectivity index (χ4n) is 2.00. The van der Waals surface area contributed by atoms with Crippen LogP contribution in [0.2, 0.25) is 5.02 Å². The van der Waals surface area contributed by atoms with Gasteiger partial charge in [0.05, 0.1) is 12.1 Å². The van der Waals surface area contributed by atoms with Crippen LogP contribution in [-0.4, -0.2) is 31.4 Å². The molecule has 0 bridgehead atoms. The number of benzene rings is 2. The van der Waals surface area contributed by atoms with E-state index in [1.807, 2.05) is 12.1 Å². The zero-order chi connectivity index (χ0) is 17.4. The molecule has 0 heterocycles. The van der Waals surface area contributed by atoms with Gasteiger partial charge in [-0.25, -0.2) is 4.79 Å². The quantitative estimate of drug-likeness (QED) is 0.579. The van der Waals surface area contributed by atoms with Gasteiger partial charge in [-0.1, -0.05) is 35.9 Å². The summed E-state index contributed by atoms with van der Waals surface area (Å²) >= 11 is 6.01. The zero-order valence-corrected chi connectivity index (χ0v) is 13.8. The van der Waals surface area contributed by atoms with Gasteiger partial charge in [0, 0.05) is 11.6 Å². The van der Waals surface area contributed by atoms with Gasteiger partial charge in [0.15, 0.2) is 11.5 Å². The summed E-state index contributed by atoms with van der Waals surface area (Å²) in [6.45, 7) is 0.531. The number of carbonyl (C=O) groups is 1. The number of halogens is 1. The van der Waals surface area contributed by atoms with E-state index in [0.29, 0.717) is 27.8 Å². The third-order valence-electron chi connectivity index (χ3n) is 3.06. The van der Waals surface area contributed by atoms with Crippen LogP contribution in [0.25, 0.3) is 6.08 Å². The van der Waals surface area contributed by atoms with Crippen molar-refractivity contribution < 1.29 is 24.1 Å². The van der Waals surface area contributed by atoms with Crippen LogP contribution >= 0.6 is 11.6 Å². The van der Waals surface area contributed by atoms with Crippen LogP contribution in [0.3, 0.4) is 0 Å². The van der Waals surface area contributed by atoms with Crippen molar-refractivity contribution in [1.82, 2.24) is 0 Å². The predicted octanol–water partition coefficient (Wildman–Crippen LogP) is 3.90. The standard InChI is InChI=1S/C18H17ClO5/c1-22-16-8-4-5-13(9-10-17(20)21)18(16)24-12-11-23-15-7-3-2-6-14(15)19/h2-10H,11-12H2,1H3,(H,20,21). The van der Waals surface area contributed by atoms with Gasteiger partial charge in [-0.3, -0.25) is 0 Å². The molecule has 2 aromatic rings. The first-order chi connectivity index (χ1) is 11.6. The molecule has 2 aromatic carbocycles. The van der Waals surface area contributed by atoms with E-state index in [2.05, 4.69) is 0 Å². The molecular formula is C18H17ClO5. The van der Waals surface area contributed by atoms with Gasteiger partial charge in [0.1, 0.15) is 19.0 Å². The van der Waals surface area contributed by atoms with E-state index < -0.39 is 5.97 Å². The monoisotopic (exact) mass is 348 g/mol. The zero-order valence-electron chi connectivity index (χ0n) is 13.1. The second kappa shape index (κ2) is 8.84. The fraction of sp³-hybridized carbons (Fsp3) is 0.167. The second-order valence-corrected chi connectivity index (χ2v) is 5.08. The van der Waals surface area contributed by atoms with Crippen LogP contribution in [0.15, 0.2) is 48.5 Å². The van der Waals surface area contributed by atoms with Crippen molar-refractivity contribution in [2.75, 3.05) is 20.3 Å². The summed E-state index contributed by atoms with van der Waals surface area (Å²) in [5, 5.41) is 9.29. The molecule has 0 fully saturated rings. The van der Waals surface area contributed by atoms with Crippen molar-refractivity contribution in [2.45, 2.75) is 0 Å². The minimum absolute atomic E-state index is 0.250. The van der Waals surface area contributed by atoms with Crippen LogP contribution in [0, 0.1) is 0 Å². The SMILES string of the molecule is COc1cccc(C=CC(=O)O)c1OCCOc1ccccc1Cl. The number of para-hydroxylation sites is 2. The molecule has 1 N–H and O–H groups in total. The molecule has 0 saturated heterocycles. The van der Waals surface area contributed by atoms with E-state index in [4.69, 9.17) is 30.9 Å². The lowest BCUT2D eigenvalue weighted by Crippen LogP contribution is -2.10. The number of ether oxygens (including phenoxy) is 3. The van der Waals surface area contributed by atoms with Crippen LogP contribution in [0.4, 0.5) is 0 Å². The Labute approximate surface area is 145 Å². The van der Waals surface area contributed by atoms with Gasteiger partial charge < -0.3 is 19.3 Å². The van der Waals surface area contributed by atoms with Crippen molar-refractivity contribution in [3.63, 3.8) is 0 Å². The lowest BCUT2D eigenvalue weighted by molar-refractivity contribution is -0.131. The molecule has 0 unspecified atom stereocenters. The normalized spacial score (nSPS) is 10.6. The molecule has 2 rings (SSSR count). The van der Waals surface area contributed by atoms with Crippen molar-refractivity contribution in [3.05, 3.63) is 59.1 Å². The summed E-state index contributed by atoms with van der Waals surface area (Å²) in [6, 6.07) is 12.4. The maximum atomic E-state index is 10.7. The van der Waals surface area contributed by atoms with E-state index in [0.717, 1.165) is 6.08 Å². The first kappa shape index (κ1) is 17.7. The van der Waals surface area contributed by atoms with Gasteiger partial charge in [0.25, 0.3) is 0 Å². The molecule has 0 atom stereocenters. The van der Waals surface area contributed by atoms with Gasteiger partial charge in [0.2, 0.25) is 0 Å². The highest BCUT2D eigenvalue weighted by Gasteiger charge is 2.09. The summed E-state index contributed by atoms with van der Waals surface area (Å²) in [4.78, 5) is 10.7. The number of carboxylic acids is 1. The maximum Gasteiger partial charge on any atom is 0.328 e. The van der Waals surface area contributed by atoms with E-state index in [1.54, 1.807) is 30.3 Å². The van der Waals surface area contributed by atoms with Crippen molar-refractivity contribution in [3.8, 4) is 17.2 Å². The number of hydrogen-bond donors (Lipinski definition) is 1. The molecule has 0 radical (unpaired) electrons. The minimum Gasteiger partial charge on any atom is -0.493 e. The van der Waals surface area contributed by atoms with Gasteiger partial charge in [-0.15, -0.1) is 0 Å². The number of methoxy groups -OCH3 is 1. The van der Waals surface area contributed by atoms with Crippen LogP contribution in [0.1, 0.15) is 5.56 Å². The molecule has 0 saturated carbocycles. The molecule has 5 nitrogen and oxygen atoms in total. The lowest BCUT2D eigenvalue weighted by Gasteiger charge is -2.14. The molecule has 0 amide bonds. The maximum absolute atomic E-state index is 10.7. The Morgan fingerprint density at radius 2 is 1.79 bits per heavy atom. The number of aliphatic carboxylic acids is 1. The third-order valence-corrected chi connectivity index (χ3v) is 3.37. The van der Waals surface area contributed by atoms with Crippen molar-refractivity contribution in [2.24, 2.45) is 0 Å². The summed E-state index contributed by atoms with van der Waals surface area (Å²) < 4.78 is 16.5. The molecule has 24 heavy (non-hydrogen) atoms. The molecule has 0 aromatic heterocycles. The Balaban J connectivity index is 2.03. The molecule has 6 heteroatoms. The van der Waals surface area contributed by atoms with Crippen LogP contribution in [-0.2, 0) is 4.79 Å². The highest BCUT2D eigenvalue weighted by atomic mass is 35.5. The predicted molar refractivity (Wildman–Crippen MR) is 92.1 cm³/mol. The van der Waals surface area contributed by atoms with Gasteiger partial charge in [-0.2, -0.15) is 0 Å². The molecule has 126 valence electrons. The Bertz CT molecular complexity index is 727. The van der Waals surface area contributed by atoms with E-state index >= 15 is 0 Å². The van der Waals surface area contributed by atoms with E-state index in [1.165, 1.54) is 13.2 Å². The van der Waals surface area contributed by atoms with Crippen molar-refractivity contribution in [1.29, 1.82) is 0 Å². The molecule has 0 spiro atoms. The first-order valence-electron chi connectivity index (χ1n) is 7.20. The third kappa shape index (κ3) is 4.93. The molecule has 0 aliphatic heterocycles. The van der Waals surface area contributed by atoms with Gasteiger partial charge >= 0.3 is 5.97 Å². The summed E-state index contributed by atoms with van der Waals surface area (Å²) in [5.41, 5.74) is 0.606. The Kier molecular flexibility index (Phi) is 6.51. The Hall–Kier alpha value is -2.66. The number of carboxylic acid groups (broad SMARTS) is 1. The highest BCUT2D eigenvalue weighted by molar-refractivity contribution is 6.32. The fourth-order valence-corrected chi connectivity index (χ4v) is 2.19. The van der Waals surface area contributed by atoms with E-state index in [9.17, 15) is 4.79 Å². The highest BCUT2D eigenvalue weighted by Crippen LogP contribution is 2.32. The smallest absolute Gasteiger partial charge is 0.328 e. The van der Waals surface area contributed by atoms with E-state index in [-0.39, 0.29) is 13.2 Å². The van der Waals surface area contributed by atoms with Crippen molar-refractivity contribution >= 4 is 23.6 Å². The summed E-state index contributed by atoms with van der Waals surface area (Å²) in [5.74, 6) is 0.514. The second-order valence-electron chi connectivity index (χ2n) is 4.68. The topological polar surface area (TPSA) is 65.0 Å². The minimum atomic E-state index is -1.04. The van der Waals surface area contributed by atoms with Gasteiger partial charge in [-0.05, 0) is 24.3 Å².